The number of nitrogens with zero attached hydrogens (tertiary/aromatic N) is 3. The lowest BCUT2D eigenvalue weighted by atomic mass is 9.95. The lowest BCUT2D eigenvalue weighted by Crippen LogP contribution is -2.46. The number of H-pyrrole nitrogens is 1. The number of benzene rings is 1. The molecule has 1 aromatic carbocycles. The minimum absolute atomic E-state index is 0.218. The number of rotatable bonds is 3. The number of hydrogen-bond acceptors (Lipinski definition) is 3. The van der Waals surface area contributed by atoms with Crippen LogP contribution in [-0.2, 0) is 4.79 Å². The first-order chi connectivity index (χ1) is 12.1. The fourth-order valence-corrected chi connectivity index (χ4v) is 3.99. The van der Waals surface area contributed by atoms with E-state index in [1.165, 1.54) is 23.1 Å². The number of aromatic nitrogens is 2. The number of carbonyl (C=O) groups excluding carboxylic acids is 1. The van der Waals surface area contributed by atoms with Crippen molar-refractivity contribution < 1.29 is 13.6 Å². The zero-order chi connectivity index (χ0) is 17.4. The van der Waals surface area contributed by atoms with E-state index in [4.69, 9.17) is 0 Å². The average molecular weight is 346 g/mol. The van der Waals surface area contributed by atoms with Gasteiger partial charge >= 0.3 is 0 Å². The summed E-state index contributed by atoms with van der Waals surface area (Å²) in [5, 5.41) is 0. The maximum Gasteiger partial charge on any atom is 0.244 e. The van der Waals surface area contributed by atoms with Crippen molar-refractivity contribution >= 4 is 11.6 Å². The zero-order valence-corrected chi connectivity index (χ0v) is 13.8. The molecule has 4 rings (SSSR count). The van der Waals surface area contributed by atoms with Gasteiger partial charge in [0.05, 0.1) is 6.04 Å². The Balaban J connectivity index is 1.52. The summed E-state index contributed by atoms with van der Waals surface area (Å²) in [6.07, 6.45) is 6.12. The molecule has 0 unspecified atom stereocenters. The van der Waals surface area contributed by atoms with Crippen molar-refractivity contribution in [2.45, 2.75) is 31.2 Å². The fraction of sp³-hybridized carbons (Fsp3) is 0.444. The predicted molar refractivity (Wildman–Crippen MR) is 89.3 cm³/mol. The summed E-state index contributed by atoms with van der Waals surface area (Å²) in [6.45, 7) is 1.89. The van der Waals surface area contributed by atoms with E-state index in [2.05, 4.69) is 14.9 Å². The van der Waals surface area contributed by atoms with E-state index in [1.807, 2.05) is 0 Å². The highest BCUT2D eigenvalue weighted by atomic mass is 19.1. The zero-order valence-electron chi connectivity index (χ0n) is 13.8. The first kappa shape index (κ1) is 16.2. The van der Waals surface area contributed by atoms with Crippen LogP contribution in [0.2, 0.25) is 0 Å². The van der Waals surface area contributed by atoms with Gasteiger partial charge in [0, 0.05) is 31.4 Å². The Kier molecular flexibility index (Phi) is 4.25. The number of anilines is 1. The molecule has 2 fully saturated rings. The van der Waals surface area contributed by atoms with Gasteiger partial charge in [-0.25, -0.2) is 13.8 Å². The van der Waals surface area contributed by atoms with Gasteiger partial charge in [0.2, 0.25) is 5.91 Å². The first-order valence-corrected chi connectivity index (χ1v) is 8.64. The number of likely N-dealkylation sites (tertiary alicyclic amines) is 1. The van der Waals surface area contributed by atoms with Crippen molar-refractivity contribution in [3.8, 4) is 0 Å². The molecule has 1 amide bonds. The van der Waals surface area contributed by atoms with Crippen molar-refractivity contribution in [2.24, 2.45) is 0 Å². The van der Waals surface area contributed by atoms with Gasteiger partial charge in [-0.3, -0.25) is 9.69 Å². The summed E-state index contributed by atoms with van der Waals surface area (Å²) in [4.78, 5) is 23.7. The lowest BCUT2D eigenvalue weighted by molar-refractivity contribution is -0.122. The maximum atomic E-state index is 14.0. The third kappa shape index (κ3) is 2.93. The van der Waals surface area contributed by atoms with Crippen LogP contribution in [0.25, 0.3) is 0 Å². The molecule has 0 radical (unpaired) electrons. The lowest BCUT2D eigenvalue weighted by Gasteiger charge is -2.35. The highest BCUT2D eigenvalue weighted by molar-refractivity contribution is 5.99. The van der Waals surface area contributed by atoms with Gasteiger partial charge in [-0.2, -0.15) is 0 Å². The first-order valence-electron chi connectivity index (χ1n) is 8.64. The van der Waals surface area contributed by atoms with Crippen molar-refractivity contribution in [1.82, 2.24) is 14.9 Å². The largest absolute Gasteiger partial charge is 0.348 e. The van der Waals surface area contributed by atoms with Crippen LogP contribution in [0.5, 0.6) is 0 Å². The number of carbonyl (C=O) groups is 1. The molecule has 0 aliphatic carbocycles. The number of imidazole rings is 1. The summed E-state index contributed by atoms with van der Waals surface area (Å²) in [5.41, 5.74) is -0.227. The highest BCUT2D eigenvalue weighted by Crippen LogP contribution is 2.32. The molecule has 0 bridgehead atoms. The van der Waals surface area contributed by atoms with Crippen molar-refractivity contribution in [2.75, 3.05) is 24.5 Å². The predicted octanol–water partition coefficient (Wildman–Crippen LogP) is 2.67. The van der Waals surface area contributed by atoms with Gasteiger partial charge in [0.15, 0.2) is 0 Å². The number of amides is 1. The van der Waals surface area contributed by atoms with Gasteiger partial charge in [-0.15, -0.1) is 0 Å². The third-order valence-electron chi connectivity index (χ3n) is 5.18. The van der Waals surface area contributed by atoms with Crippen molar-refractivity contribution in [3.05, 3.63) is 48.1 Å². The van der Waals surface area contributed by atoms with Crippen LogP contribution < -0.4 is 4.90 Å². The Hall–Kier alpha value is -2.28. The second-order valence-electron chi connectivity index (χ2n) is 6.67. The molecule has 2 atom stereocenters. The van der Waals surface area contributed by atoms with Crippen LogP contribution in [0, 0.1) is 11.6 Å². The molecule has 0 spiro atoms. The standard InChI is InChI=1S/C18H20F2N4O/c19-13-4-1-5-14(20)16(13)24-10-6-15(18(24)25)23-9-2-3-12(11-23)17-21-7-8-22-17/h1,4-5,7-8,12,15H,2-3,6,9-11H2,(H,21,22)/t12-,15+/m0/s1. The number of aromatic amines is 1. The van der Waals surface area contributed by atoms with E-state index in [0.717, 1.165) is 31.8 Å². The topological polar surface area (TPSA) is 52.2 Å². The van der Waals surface area contributed by atoms with Crippen LogP contribution in [0.1, 0.15) is 31.0 Å². The minimum Gasteiger partial charge on any atom is -0.348 e. The van der Waals surface area contributed by atoms with E-state index < -0.39 is 11.6 Å². The molecule has 132 valence electrons. The van der Waals surface area contributed by atoms with Gasteiger partial charge in [0.25, 0.3) is 0 Å². The summed E-state index contributed by atoms with van der Waals surface area (Å²) in [5.74, 6) is -0.408. The van der Waals surface area contributed by atoms with E-state index in [-0.39, 0.29) is 23.6 Å². The molecule has 2 aliphatic heterocycles. The van der Waals surface area contributed by atoms with E-state index in [9.17, 15) is 13.6 Å². The molecule has 2 aromatic rings. The Bertz CT molecular complexity index is 744. The van der Waals surface area contributed by atoms with Crippen molar-refractivity contribution in [3.63, 3.8) is 0 Å². The summed E-state index contributed by atoms with van der Waals surface area (Å²) >= 11 is 0. The van der Waals surface area contributed by atoms with E-state index in [0.29, 0.717) is 13.0 Å². The highest BCUT2D eigenvalue weighted by Gasteiger charge is 2.40. The van der Waals surface area contributed by atoms with Crippen LogP contribution >= 0.6 is 0 Å². The van der Waals surface area contributed by atoms with E-state index in [1.54, 1.807) is 12.4 Å². The molecule has 25 heavy (non-hydrogen) atoms. The molecular weight excluding hydrogens is 326 g/mol. The van der Waals surface area contributed by atoms with E-state index >= 15 is 0 Å². The van der Waals surface area contributed by atoms with Gasteiger partial charge < -0.3 is 9.88 Å². The SMILES string of the molecule is O=C1[C@H](N2CCC[C@H](c3ncc[nH]3)C2)CCN1c1c(F)cccc1F. The fourth-order valence-electron chi connectivity index (χ4n) is 3.99. The number of para-hydroxylation sites is 1. The second-order valence-corrected chi connectivity index (χ2v) is 6.67. The monoisotopic (exact) mass is 346 g/mol. The molecule has 5 nitrogen and oxygen atoms in total. The number of nitrogens with one attached hydrogen (secondary N) is 1. The quantitative estimate of drug-likeness (QED) is 0.930. The normalized spacial score (nSPS) is 24.9. The Labute approximate surface area is 144 Å². The number of halogens is 2. The molecule has 1 N–H and O–H groups in total. The third-order valence-corrected chi connectivity index (χ3v) is 5.18. The number of piperidine rings is 1. The van der Waals surface area contributed by atoms with Crippen LogP contribution in [0.15, 0.2) is 30.6 Å². The molecule has 7 heteroatoms. The summed E-state index contributed by atoms with van der Waals surface area (Å²) < 4.78 is 28.1. The second kappa shape index (κ2) is 6.55. The Morgan fingerprint density at radius 3 is 2.68 bits per heavy atom. The van der Waals surface area contributed by atoms with Crippen molar-refractivity contribution in [1.29, 1.82) is 0 Å². The minimum atomic E-state index is -0.693. The summed E-state index contributed by atoms with van der Waals surface area (Å²) in [7, 11) is 0. The Morgan fingerprint density at radius 1 is 1.16 bits per heavy atom. The Morgan fingerprint density at radius 2 is 1.96 bits per heavy atom. The molecule has 3 heterocycles. The molecule has 0 saturated carbocycles. The molecule has 2 aliphatic rings. The maximum absolute atomic E-state index is 14.0. The summed E-state index contributed by atoms with van der Waals surface area (Å²) in [6, 6.07) is 3.36. The average Bonchev–Trinajstić information content (AvgIpc) is 3.26. The molecule has 1 aromatic heterocycles. The van der Waals surface area contributed by atoms with Gasteiger partial charge in [-0.1, -0.05) is 6.07 Å². The molecule has 2 saturated heterocycles. The molecular formula is C18H20F2N4O. The van der Waals surface area contributed by atoms with Gasteiger partial charge in [0.1, 0.15) is 23.1 Å². The van der Waals surface area contributed by atoms with Gasteiger partial charge in [-0.05, 0) is 37.9 Å². The van der Waals surface area contributed by atoms with Crippen LogP contribution in [0.4, 0.5) is 14.5 Å². The van der Waals surface area contributed by atoms with Crippen LogP contribution in [0.3, 0.4) is 0 Å². The smallest absolute Gasteiger partial charge is 0.244 e. The van der Waals surface area contributed by atoms with Crippen LogP contribution in [-0.4, -0.2) is 46.5 Å². The number of hydrogen-bond donors (Lipinski definition) is 1.